The van der Waals surface area contributed by atoms with Gasteiger partial charge in [-0.25, -0.2) is 0 Å². The highest BCUT2D eigenvalue weighted by atomic mass is 32.1. The minimum Gasteiger partial charge on any atom is -0.495 e. The summed E-state index contributed by atoms with van der Waals surface area (Å²) in [5.41, 5.74) is 8.13. The molecule has 3 aromatic rings. The van der Waals surface area contributed by atoms with E-state index < -0.39 is 5.91 Å². The molecule has 3 N–H and O–H groups in total. The first kappa shape index (κ1) is 20.9. The summed E-state index contributed by atoms with van der Waals surface area (Å²) in [7, 11) is 1.50. The van der Waals surface area contributed by atoms with Crippen LogP contribution in [0.5, 0.6) is 5.75 Å². The number of nitrogens with zero attached hydrogens (tertiary/aromatic N) is 1. The van der Waals surface area contributed by atoms with Crippen LogP contribution < -0.4 is 20.7 Å². The van der Waals surface area contributed by atoms with Crippen LogP contribution in [-0.2, 0) is 4.74 Å². The van der Waals surface area contributed by atoms with Gasteiger partial charge in [-0.1, -0.05) is 30.3 Å². The van der Waals surface area contributed by atoms with Gasteiger partial charge in [0.05, 0.1) is 35.9 Å². The zero-order chi connectivity index (χ0) is 21.8. The van der Waals surface area contributed by atoms with Crippen molar-refractivity contribution in [2.24, 2.45) is 5.73 Å². The topological polar surface area (TPSA) is 93.9 Å². The molecule has 2 heterocycles. The van der Waals surface area contributed by atoms with Crippen LogP contribution in [0.25, 0.3) is 11.1 Å². The zero-order valence-electron chi connectivity index (χ0n) is 17.1. The van der Waals surface area contributed by atoms with Gasteiger partial charge in [-0.3, -0.25) is 9.59 Å². The molecule has 8 heteroatoms. The van der Waals surface area contributed by atoms with E-state index in [2.05, 4.69) is 10.2 Å². The van der Waals surface area contributed by atoms with Crippen molar-refractivity contribution in [3.63, 3.8) is 0 Å². The molecular formula is C23H23N3O4S. The fraction of sp³-hybridized carbons (Fsp3) is 0.217. The van der Waals surface area contributed by atoms with Crippen LogP contribution in [-0.4, -0.2) is 45.2 Å². The van der Waals surface area contributed by atoms with Crippen molar-refractivity contribution in [1.29, 1.82) is 0 Å². The number of carbonyl (C=O) groups excluding carboxylic acids is 2. The number of nitrogens with two attached hydrogens (primary N) is 1. The highest BCUT2D eigenvalue weighted by molar-refractivity contribution is 7.18. The smallest absolute Gasteiger partial charge is 0.265 e. The molecule has 0 aliphatic carbocycles. The predicted molar refractivity (Wildman–Crippen MR) is 122 cm³/mol. The highest BCUT2D eigenvalue weighted by Crippen LogP contribution is 2.40. The van der Waals surface area contributed by atoms with E-state index in [-0.39, 0.29) is 5.91 Å². The van der Waals surface area contributed by atoms with Crippen molar-refractivity contribution >= 4 is 33.8 Å². The molecule has 2 aromatic carbocycles. The number of morpholine rings is 1. The second-order valence-electron chi connectivity index (χ2n) is 7.03. The number of hydrogen-bond acceptors (Lipinski definition) is 6. The Hall–Kier alpha value is -3.36. The largest absolute Gasteiger partial charge is 0.495 e. The van der Waals surface area contributed by atoms with E-state index >= 15 is 0 Å². The molecule has 0 spiro atoms. The third-order valence-corrected chi connectivity index (χ3v) is 6.25. The third-order valence-electron chi connectivity index (χ3n) is 5.05. The quantitative estimate of drug-likeness (QED) is 0.614. The van der Waals surface area contributed by atoms with E-state index in [0.717, 1.165) is 29.2 Å². The van der Waals surface area contributed by atoms with E-state index in [4.69, 9.17) is 15.2 Å². The first-order valence-electron chi connectivity index (χ1n) is 9.88. The van der Waals surface area contributed by atoms with Crippen LogP contribution in [0, 0.1) is 0 Å². The van der Waals surface area contributed by atoms with Crippen LogP contribution in [0.4, 0.5) is 10.7 Å². The van der Waals surface area contributed by atoms with Gasteiger partial charge in [-0.15, -0.1) is 11.3 Å². The number of primary amides is 1. The molecule has 7 nitrogen and oxygen atoms in total. The molecule has 1 aliphatic rings. The Labute approximate surface area is 184 Å². The minimum absolute atomic E-state index is 0.276. The molecule has 1 saturated heterocycles. The zero-order valence-corrected chi connectivity index (χ0v) is 17.9. The van der Waals surface area contributed by atoms with Gasteiger partial charge in [-0.2, -0.15) is 0 Å². The lowest BCUT2D eigenvalue weighted by Gasteiger charge is -2.28. The molecule has 0 bridgehead atoms. The molecule has 0 unspecified atom stereocenters. The molecule has 1 fully saturated rings. The minimum atomic E-state index is -0.574. The monoisotopic (exact) mass is 437 g/mol. The number of nitrogens with one attached hydrogen (secondary N) is 1. The number of ether oxygens (including phenoxy) is 2. The molecule has 0 atom stereocenters. The Bertz CT molecular complexity index is 1090. The van der Waals surface area contributed by atoms with Gasteiger partial charge in [-0.05, 0) is 29.8 Å². The van der Waals surface area contributed by atoms with E-state index in [1.165, 1.54) is 24.5 Å². The van der Waals surface area contributed by atoms with Crippen molar-refractivity contribution in [2.45, 2.75) is 0 Å². The summed E-state index contributed by atoms with van der Waals surface area (Å²) in [6.07, 6.45) is 0. The van der Waals surface area contributed by atoms with Gasteiger partial charge in [0.25, 0.3) is 5.91 Å². The van der Waals surface area contributed by atoms with Gasteiger partial charge < -0.3 is 25.4 Å². The summed E-state index contributed by atoms with van der Waals surface area (Å²) >= 11 is 1.44. The molecule has 1 aromatic heterocycles. The Balaban J connectivity index is 1.68. The Kier molecular flexibility index (Phi) is 6.20. The van der Waals surface area contributed by atoms with Crippen molar-refractivity contribution < 1.29 is 19.1 Å². The number of hydrogen-bond donors (Lipinski definition) is 2. The lowest BCUT2D eigenvalue weighted by Crippen LogP contribution is -2.35. The van der Waals surface area contributed by atoms with Gasteiger partial charge in [0.2, 0.25) is 5.91 Å². The Morgan fingerprint density at radius 2 is 1.84 bits per heavy atom. The van der Waals surface area contributed by atoms with E-state index in [1.54, 1.807) is 12.1 Å². The highest BCUT2D eigenvalue weighted by Gasteiger charge is 2.22. The SMILES string of the molecule is COc1ccc(C(N)=O)cc1NC(=O)c1cc(-c2ccccc2)c(N2CCOCC2)s1. The summed E-state index contributed by atoms with van der Waals surface area (Å²) in [6.45, 7) is 2.86. The summed E-state index contributed by atoms with van der Waals surface area (Å²) in [4.78, 5) is 27.5. The maximum Gasteiger partial charge on any atom is 0.265 e. The Morgan fingerprint density at radius 1 is 1.10 bits per heavy atom. The average Bonchev–Trinajstić information content (AvgIpc) is 3.26. The fourth-order valence-corrected chi connectivity index (χ4v) is 4.59. The lowest BCUT2D eigenvalue weighted by molar-refractivity contribution is 0.0996. The van der Waals surface area contributed by atoms with Crippen LogP contribution in [0.1, 0.15) is 20.0 Å². The summed E-state index contributed by atoms with van der Waals surface area (Å²) in [5, 5.41) is 3.90. The lowest BCUT2D eigenvalue weighted by atomic mass is 10.1. The molecule has 0 radical (unpaired) electrons. The first-order chi connectivity index (χ1) is 15.1. The summed E-state index contributed by atoms with van der Waals surface area (Å²) in [6, 6.07) is 16.6. The van der Waals surface area contributed by atoms with E-state index in [1.807, 2.05) is 36.4 Å². The number of methoxy groups -OCH3 is 1. The second kappa shape index (κ2) is 9.20. The fourth-order valence-electron chi connectivity index (χ4n) is 3.46. The second-order valence-corrected chi connectivity index (χ2v) is 8.06. The molecule has 1 aliphatic heterocycles. The van der Waals surface area contributed by atoms with Gasteiger partial charge in [0.15, 0.2) is 0 Å². The number of anilines is 2. The van der Waals surface area contributed by atoms with Crippen molar-refractivity contribution in [3.8, 4) is 16.9 Å². The molecular weight excluding hydrogens is 414 g/mol. The van der Waals surface area contributed by atoms with Crippen LogP contribution >= 0.6 is 11.3 Å². The van der Waals surface area contributed by atoms with Crippen molar-refractivity contribution in [3.05, 3.63) is 65.0 Å². The van der Waals surface area contributed by atoms with Crippen LogP contribution in [0.2, 0.25) is 0 Å². The van der Waals surface area contributed by atoms with Gasteiger partial charge in [0, 0.05) is 24.2 Å². The number of thiophene rings is 1. The first-order valence-corrected chi connectivity index (χ1v) is 10.7. The molecule has 4 rings (SSSR count). The van der Waals surface area contributed by atoms with E-state index in [9.17, 15) is 9.59 Å². The van der Waals surface area contributed by atoms with Gasteiger partial charge >= 0.3 is 0 Å². The molecule has 160 valence electrons. The number of rotatable bonds is 6. The van der Waals surface area contributed by atoms with Crippen LogP contribution in [0.15, 0.2) is 54.6 Å². The van der Waals surface area contributed by atoms with Crippen molar-refractivity contribution in [2.75, 3.05) is 43.6 Å². The van der Waals surface area contributed by atoms with Gasteiger partial charge in [0.1, 0.15) is 5.75 Å². The third kappa shape index (κ3) is 4.55. The van der Waals surface area contributed by atoms with E-state index in [0.29, 0.717) is 35.1 Å². The number of amides is 2. The predicted octanol–water partition coefficient (Wildman–Crippen LogP) is 3.61. The standard InChI is InChI=1S/C23H23N3O4S/c1-29-19-8-7-16(21(24)27)13-18(19)25-22(28)20-14-17(15-5-3-2-4-6-15)23(31-20)26-9-11-30-12-10-26/h2-8,13-14H,9-12H2,1H3,(H2,24,27)(H,25,28). The number of carbonyl (C=O) groups is 2. The molecule has 31 heavy (non-hydrogen) atoms. The van der Waals surface area contributed by atoms with Crippen molar-refractivity contribution in [1.82, 2.24) is 0 Å². The van der Waals surface area contributed by atoms with Crippen LogP contribution in [0.3, 0.4) is 0 Å². The average molecular weight is 438 g/mol. The maximum atomic E-state index is 13.1. The molecule has 0 saturated carbocycles. The maximum absolute atomic E-state index is 13.1. The summed E-state index contributed by atoms with van der Waals surface area (Å²) < 4.78 is 10.8. The normalized spacial score (nSPS) is 13.6. The summed E-state index contributed by atoms with van der Waals surface area (Å²) in [5.74, 6) is -0.400. The Morgan fingerprint density at radius 3 is 2.52 bits per heavy atom. The molecule has 2 amide bonds. The number of benzene rings is 2.